The van der Waals surface area contributed by atoms with Crippen LogP contribution < -0.4 is 4.74 Å². The minimum Gasteiger partial charge on any atom is -0.497 e. The number of fused-ring (bicyclic) bond motifs is 2. The maximum atomic E-state index is 12.9. The fraction of sp³-hybridized carbons (Fsp3) is 0.444. The number of aromatic nitrogens is 1. The van der Waals surface area contributed by atoms with Crippen molar-refractivity contribution >= 4 is 16.8 Å². The predicted octanol–water partition coefficient (Wildman–Crippen LogP) is 2.64. The van der Waals surface area contributed by atoms with Gasteiger partial charge in [0.1, 0.15) is 11.4 Å². The maximum absolute atomic E-state index is 12.9. The van der Waals surface area contributed by atoms with E-state index in [0.29, 0.717) is 18.8 Å². The van der Waals surface area contributed by atoms with Gasteiger partial charge in [0.05, 0.1) is 31.4 Å². The molecule has 0 bridgehead atoms. The quantitative estimate of drug-likeness (QED) is 0.855. The van der Waals surface area contributed by atoms with Gasteiger partial charge in [-0.05, 0) is 43.5 Å². The van der Waals surface area contributed by atoms with E-state index in [1.807, 2.05) is 35.2 Å². The van der Waals surface area contributed by atoms with Crippen molar-refractivity contribution in [2.24, 2.45) is 0 Å². The molecule has 4 rings (SSSR count). The summed E-state index contributed by atoms with van der Waals surface area (Å²) in [5.41, 5.74) is 1.32. The van der Waals surface area contributed by atoms with E-state index < -0.39 is 0 Å². The number of hydrogen-bond acceptors (Lipinski definition) is 4. The van der Waals surface area contributed by atoms with Gasteiger partial charge in [0.2, 0.25) is 0 Å². The first-order valence-electron chi connectivity index (χ1n) is 8.13. The number of carbonyl (C=O) groups excluding carboxylic acids is 1. The highest BCUT2D eigenvalue weighted by atomic mass is 16.5. The molecule has 0 spiro atoms. The highest BCUT2D eigenvalue weighted by molar-refractivity contribution is 5.95. The van der Waals surface area contributed by atoms with E-state index in [4.69, 9.17) is 9.47 Å². The zero-order chi connectivity index (χ0) is 15.8. The second kappa shape index (κ2) is 5.81. The second-order valence-corrected chi connectivity index (χ2v) is 6.16. The van der Waals surface area contributed by atoms with Crippen LogP contribution in [0.1, 0.15) is 29.8 Å². The number of methoxy groups -OCH3 is 1. The lowest BCUT2D eigenvalue weighted by Crippen LogP contribution is -2.51. The smallest absolute Gasteiger partial charge is 0.272 e. The zero-order valence-corrected chi connectivity index (χ0v) is 13.2. The number of amides is 1. The first-order chi connectivity index (χ1) is 11.3. The van der Waals surface area contributed by atoms with Crippen molar-refractivity contribution in [2.45, 2.75) is 31.4 Å². The van der Waals surface area contributed by atoms with Gasteiger partial charge in [-0.15, -0.1) is 0 Å². The summed E-state index contributed by atoms with van der Waals surface area (Å²) in [4.78, 5) is 19.4. The van der Waals surface area contributed by atoms with Gasteiger partial charge in [-0.2, -0.15) is 0 Å². The molecular formula is C18H20N2O3. The molecule has 2 heterocycles. The van der Waals surface area contributed by atoms with Crippen LogP contribution in [-0.2, 0) is 4.74 Å². The van der Waals surface area contributed by atoms with Crippen LogP contribution in [0.25, 0.3) is 10.9 Å². The third-order valence-corrected chi connectivity index (χ3v) is 4.86. The lowest BCUT2D eigenvalue weighted by molar-refractivity contribution is -0.0447. The Morgan fingerprint density at radius 3 is 3.09 bits per heavy atom. The van der Waals surface area contributed by atoms with Gasteiger partial charge in [-0.25, -0.2) is 4.98 Å². The summed E-state index contributed by atoms with van der Waals surface area (Å²) >= 11 is 0. The molecule has 1 amide bonds. The molecule has 120 valence electrons. The number of morpholine rings is 1. The fourth-order valence-corrected chi connectivity index (χ4v) is 3.67. The minimum absolute atomic E-state index is 0.0166. The standard InChI is InChI=1S/C18H20N2O3/c1-22-13-6-8-14-12(11-13)5-7-15(19-14)18(21)20-9-10-23-17-4-2-3-16(17)20/h5-8,11,16-17H,2-4,9-10H2,1H3/t16-,17-/m1/s1. The summed E-state index contributed by atoms with van der Waals surface area (Å²) in [6, 6.07) is 9.64. The molecular weight excluding hydrogens is 292 g/mol. The van der Waals surface area contributed by atoms with Crippen molar-refractivity contribution in [3.05, 3.63) is 36.0 Å². The lowest BCUT2D eigenvalue weighted by atomic mass is 10.1. The van der Waals surface area contributed by atoms with E-state index in [1.165, 1.54) is 0 Å². The first kappa shape index (κ1) is 14.5. The Balaban J connectivity index is 1.64. The predicted molar refractivity (Wildman–Crippen MR) is 86.7 cm³/mol. The molecule has 1 saturated heterocycles. The molecule has 2 aromatic rings. The summed E-state index contributed by atoms with van der Waals surface area (Å²) in [7, 11) is 1.64. The average Bonchev–Trinajstić information content (AvgIpc) is 3.08. The van der Waals surface area contributed by atoms with E-state index in [2.05, 4.69) is 4.98 Å². The zero-order valence-electron chi connectivity index (χ0n) is 13.2. The molecule has 1 saturated carbocycles. The lowest BCUT2D eigenvalue weighted by Gasteiger charge is -2.37. The van der Waals surface area contributed by atoms with Crippen LogP contribution in [0.5, 0.6) is 5.75 Å². The largest absolute Gasteiger partial charge is 0.497 e. The summed E-state index contributed by atoms with van der Waals surface area (Å²) in [6.45, 7) is 1.28. The summed E-state index contributed by atoms with van der Waals surface area (Å²) < 4.78 is 11.0. The van der Waals surface area contributed by atoms with Crippen molar-refractivity contribution < 1.29 is 14.3 Å². The number of rotatable bonds is 2. The number of benzene rings is 1. The number of ether oxygens (including phenoxy) is 2. The maximum Gasteiger partial charge on any atom is 0.272 e. The van der Waals surface area contributed by atoms with E-state index in [9.17, 15) is 4.79 Å². The van der Waals surface area contributed by atoms with Gasteiger partial charge in [0.15, 0.2) is 0 Å². The summed E-state index contributed by atoms with van der Waals surface area (Å²) in [6.07, 6.45) is 3.42. The van der Waals surface area contributed by atoms with Gasteiger partial charge < -0.3 is 14.4 Å². The Labute approximate surface area is 135 Å². The number of nitrogens with zero attached hydrogens (tertiary/aromatic N) is 2. The minimum atomic E-state index is 0.0166. The fourth-order valence-electron chi connectivity index (χ4n) is 3.67. The monoisotopic (exact) mass is 312 g/mol. The second-order valence-electron chi connectivity index (χ2n) is 6.16. The SMILES string of the molecule is COc1ccc2nc(C(=O)N3CCO[C@@H]4CCC[C@H]43)ccc2c1. The topological polar surface area (TPSA) is 51.7 Å². The Morgan fingerprint density at radius 1 is 1.30 bits per heavy atom. The molecule has 0 radical (unpaired) electrons. The van der Waals surface area contributed by atoms with Crippen LogP contribution in [-0.4, -0.2) is 48.2 Å². The van der Waals surface area contributed by atoms with Crippen molar-refractivity contribution in [1.29, 1.82) is 0 Å². The average molecular weight is 312 g/mol. The Kier molecular flexibility index (Phi) is 3.65. The summed E-state index contributed by atoms with van der Waals surface area (Å²) in [5.74, 6) is 0.809. The van der Waals surface area contributed by atoms with Crippen molar-refractivity contribution in [2.75, 3.05) is 20.3 Å². The molecule has 2 aliphatic rings. The molecule has 2 fully saturated rings. The van der Waals surface area contributed by atoms with Crippen LogP contribution >= 0.6 is 0 Å². The molecule has 5 nitrogen and oxygen atoms in total. The first-order valence-corrected chi connectivity index (χ1v) is 8.13. The third kappa shape index (κ3) is 2.55. The van der Waals surface area contributed by atoms with E-state index >= 15 is 0 Å². The van der Waals surface area contributed by atoms with Gasteiger partial charge in [0, 0.05) is 11.9 Å². The van der Waals surface area contributed by atoms with E-state index in [0.717, 1.165) is 35.9 Å². The van der Waals surface area contributed by atoms with E-state index in [-0.39, 0.29) is 18.1 Å². The Morgan fingerprint density at radius 2 is 2.22 bits per heavy atom. The van der Waals surface area contributed by atoms with Gasteiger partial charge in [-0.1, -0.05) is 6.07 Å². The third-order valence-electron chi connectivity index (χ3n) is 4.86. The molecule has 0 unspecified atom stereocenters. The van der Waals surface area contributed by atoms with Crippen LogP contribution in [0.2, 0.25) is 0 Å². The van der Waals surface area contributed by atoms with Gasteiger partial charge >= 0.3 is 0 Å². The molecule has 5 heteroatoms. The molecule has 1 aromatic heterocycles. The molecule has 1 aliphatic carbocycles. The van der Waals surface area contributed by atoms with E-state index in [1.54, 1.807) is 7.11 Å². The number of pyridine rings is 1. The molecule has 0 N–H and O–H groups in total. The van der Waals surface area contributed by atoms with Crippen molar-refractivity contribution in [1.82, 2.24) is 9.88 Å². The van der Waals surface area contributed by atoms with Crippen LogP contribution in [0, 0.1) is 0 Å². The van der Waals surface area contributed by atoms with Gasteiger partial charge in [-0.3, -0.25) is 4.79 Å². The Bertz CT molecular complexity index is 746. The van der Waals surface area contributed by atoms with Crippen molar-refractivity contribution in [3.8, 4) is 5.75 Å². The van der Waals surface area contributed by atoms with Crippen LogP contribution in [0.3, 0.4) is 0 Å². The normalized spacial score (nSPS) is 23.8. The van der Waals surface area contributed by atoms with Crippen LogP contribution in [0.4, 0.5) is 0 Å². The highest BCUT2D eigenvalue weighted by Gasteiger charge is 2.38. The number of hydrogen-bond donors (Lipinski definition) is 0. The van der Waals surface area contributed by atoms with Crippen molar-refractivity contribution in [3.63, 3.8) is 0 Å². The molecule has 1 aromatic carbocycles. The van der Waals surface area contributed by atoms with Gasteiger partial charge in [0.25, 0.3) is 5.91 Å². The molecule has 1 aliphatic heterocycles. The molecule has 23 heavy (non-hydrogen) atoms. The van der Waals surface area contributed by atoms with Crippen LogP contribution in [0.15, 0.2) is 30.3 Å². The number of carbonyl (C=O) groups is 1. The molecule has 2 atom stereocenters. The highest BCUT2D eigenvalue weighted by Crippen LogP contribution is 2.30. The Hall–Kier alpha value is -2.14. The summed E-state index contributed by atoms with van der Waals surface area (Å²) in [5, 5.41) is 0.974.